The van der Waals surface area contributed by atoms with Gasteiger partial charge >= 0.3 is 0 Å². The van der Waals surface area contributed by atoms with E-state index in [1.165, 1.54) is 13.2 Å². The van der Waals surface area contributed by atoms with E-state index in [0.717, 1.165) is 3.57 Å². The highest BCUT2D eigenvalue weighted by Crippen LogP contribution is 2.31. The number of benzene rings is 1. The zero-order valence-electron chi connectivity index (χ0n) is 10.4. The zero-order chi connectivity index (χ0) is 13.7. The highest BCUT2D eigenvalue weighted by molar-refractivity contribution is 14.1. The van der Waals surface area contributed by atoms with E-state index in [-0.39, 0.29) is 10.6 Å². The van der Waals surface area contributed by atoms with Crippen LogP contribution in [0.5, 0.6) is 11.5 Å². The van der Waals surface area contributed by atoms with Crippen molar-refractivity contribution in [3.8, 4) is 11.5 Å². The maximum absolute atomic E-state index is 10.8. The van der Waals surface area contributed by atoms with E-state index in [0.29, 0.717) is 23.5 Å². The lowest BCUT2D eigenvalue weighted by Gasteiger charge is -2.09. The maximum Gasteiger partial charge on any atom is 0.246 e. The summed E-state index contributed by atoms with van der Waals surface area (Å²) < 4.78 is 11.3. The minimum atomic E-state index is -0.385. The summed E-state index contributed by atoms with van der Waals surface area (Å²) in [6.45, 7) is 1.74. The number of rotatable bonds is 5. The van der Waals surface area contributed by atoms with Crippen LogP contribution in [0.15, 0.2) is 17.8 Å². The van der Waals surface area contributed by atoms with Gasteiger partial charge < -0.3 is 9.47 Å². The molecular formula is C12H14INO4. The zero-order valence-corrected chi connectivity index (χ0v) is 12.6. The molecule has 0 amide bonds. The number of methoxy groups -OCH3 is 2. The SMILES string of the molecule is CC/C(=C\c1cc(OC)c(I)cc1OC)[N+](=O)[O-]. The summed E-state index contributed by atoms with van der Waals surface area (Å²) in [6.07, 6.45) is 1.86. The second-order valence-corrected chi connectivity index (χ2v) is 4.64. The first-order chi connectivity index (χ1) is 8.53. The van der Waals surface area contributed by atoms with Crippen LogP contribution in [0.2, 0.25) is 0 Å². The topological polar surface area (TPSA) is 61.6 Å². The van der Waals surface area contributed by atoms with Crippen molar-refractivity contribution >= 4 is 28.7 Å². The summed E-state index contributed by atoms with van der Waals surface area (Å²) >= 11 is 2.12. The lowest BCUT2D eigenvalue weighted by atomic mass is 10.1. The van der Waals surface area contributed by atoms with E-state index >= 15 is 0 Å². The maximum atomic E-state index is 10.8. The van der Waals surface area contributed by atoms with Crippen LogP contribution in [0.4, 0.5) is 0 Å². The standard InChI is InChI=1S/C12H14INO4/c1-4-9(14(15)16)5-8-6-12(18-3)10(13)7-11(8)17-2/h5-7H,4H2,1-3H3/b9-5+. The van der Waals surface area contributed by atoms with Crippen LogP contribution in [0.1, 0.15) is 18.9 Å². The molecule has 98 valence electrons. The van der Waals surface area contributed by atoms with Gasteiger partial charge in [0, 0.05) is 18.1 Å². The molecule has 0 aromatic heterocycles. The van der Waals surface area contributed by atoms with Crippen molar-refractivity contribution in [1.29, 1.82) is 0 Å². The van der Waals surface area contributed by atoms with Crippen LogP contribution in [-0.2, 0) is 0 Å². The number of hydrogen-bond acceptors (Lipinski definition) is 4. The molecule has 0 unspecified atom stereocenters. The van der Waals surface area contributed by atoms with Gasteiger partial charge in [-0.3, -0.25) is 10.1 Å². The Hall–Kier alpha value is -1.31. The molecule has 1 aromatic rings. The van der Waals surface area contributed by atoms with Gasteiger partial charge in [-0.05, 0) is 34.7 Å². The number of nitrogens with zero attached hydrogens (tertiary/aromatic N) is 1. The van der Waals surface area contributed by atoms with Crippen LogP contribution in [0.3, 0.4) is 0 Å². The highest BCUT2D eigenvalue weighted by atomic mass is 127. The number of halogens is 1. The van der Waals surface area contributed by atoms with Crippen LogP contribution in [-0.4, -0.2) is 19.1 Å². The second-order valence-electron chi connectivity index (χ2n) is 3.48. The van der Waals surface area contributed by atoms with Crippen molar-refractivity contribution in [1.82, 2.24) is 0 Å². The summed E-state index contributed by atoms with van der Waals surface area (Å²) in [5.74, 6) is 1.26. The monoisotopic (exact) mass is 363 g/mol. The number of ether oxygens (including phenoxy) is 2. The molecule has 1 rings (SSSR count). The molecule has 5 nitrogen and oxygen atoms in total. The van der Waals surface area contributed by atoms with Gasteiger partial charge in [-0.15, -0.1) is 0 Å². The molecule has 0 saturated heterocycles. The van der Waals surface area contributed by atoms with Gasteiger partial charge in [0.15, 0.2) is 0 Å². The molecule has 18 heavy (non-hydrogen) atoms. The van der Waals surface area contributed by atoms with Crippen LogP contribution < -0.4 is 9.47 Å². The van der Waals surface area contributed by atoms with Gasteiger partial charge in [0.1, 0.15) is 11.5 Å². The molecule has 0 aliphatic rings. The first-order valence-electron chi connectivity index (χ1n) is 5.30. The van der Waals surface area contributed by atoms with Crippen molar-refractivity contribution in [3.63, 3.8) is 0 Å². The van der Waals surface area contributed by atoms with E-state index in [2.05, 4.69) is 22.6 Å². The lowest BCUT2D eigenvalue weighted by Crippen LogP contribution is -1.98. The normalized spacial score (nSPS) is 11.2. The van der Waals surface area contributed by atoms with Gasteiger partial charge in [-0.1, -0.05) is 6.92 Å². The van der Waals surface area contributed by atoms with E-state index in [1.54, 1.807) is 26.2 Å². The molecular weight excluding hydrogens is 349 g/mol. The molecule has 0 saturated carbocycles. The smallest absolute Gasteiger partial charge is 0.246 e. The molecule has 0 spiro atoms. The van der Waals surface area contributed by atoms with Gasteiger partial charge in [-0.2, -0.15) is 0 Å². The average molecular weight is 363 g/mol. The first kappa shape index (κ1) is 14.7. The van der Waals surface area contributed by atoms with Crippen LogP contribution in [0, 0.1) is 13.7 Å². The van der Waals surface area contributed by atoms with Crippen molar-refractivity contribution in [2.24, 2.45) is 0 Å². The third-order valence-electron chi connectivity index (χ3n) is 2.42. The molecule has 0 aliphatic heterocycles. The third kappa shape index (κ3) is 3.34. The van der Waals surface area contributed by atoms with Crippen molar-refractivity contribution in [2.45, 2.75) is 13.3 Å². The molecule has 0 bridgehead atoms. The molecule has 0 aliphatic carbocycles. The summed E-state index contributed by atoms with van der Waals surface area (Å²) in [4.78, 5) is 10.4. The fourth-order valence-electron chi connectivity index (χ4n) is 1.46. The summed E-state index contributed by atoms with van der Waals surface area (Å²) in [5, 5.41) is 10.8. The molecule has 0 heterocycles. The van der Waals surface area contributed by atoms with Gasteiger partial charge in [0.2, 0.25) is 5.70 Å². The summed E-state index contributed by atoms with van der Waals surface area (Å²) in [7, 11) is 3.10. The average Bonchev–Trinajstić information content (AvgIpc) is 2.36. The Morgan fingerprint density at radius 1 is 1.39 bits per heavy atom. The molecule has 1 aromatic carbocycles. The Bertz CT molecular complexity index is 485. The highest BCUT2D eigenvalue weighted by Gasteiger charge is 2.13. The van der Waals surface area contributed by atoms with Gasteiger partial charge in [0.25, 0.3) is 0 Å². The third-order valence-corrected chi connectivity index (χ3v) is 3.27. The van der Waals surface area contributed by atoms with Crippen LogP contribution in [0.25, 0.3) is 6.08 Å². The lowest BCUT2D eigenvalue weighted by molar-refractivity contribution is -0.425. The Kier molecular flexibility index (Phi) is 5.39. The van der Waals surface area contributed by atoms with Crippen molar-refractivity contribution in [3.05, 3.63) is 37.1 Å². The largest absolute Gasteiger partial charge is 0.496 e. The summed E-state index contributed by atoms with van der Waals surface area (Å²) in [5.41, 5.74) is 0.778. The Labute approximate surface area is 119 Å². The molecule has 0 radical (unpaired) electrons. The van der Waals surface area contributed by atoms with Crippen molar-refractivity contribution < 1.29 is 14.4 Å². The number of allylic oxidation sites excluding steroid dienone is 1. The molecule has 0 fully saturated rings. The van der Waals surface area contributed by atoms with Crippen LogP contribution >= 0.6 is 22.6 Å². The predicted octanol–water partition coefficient (Wildman–Crippen LogP) is 3.34. The molecule has 0 N–H and O–H groups in total. The molecule has 0 atom stereocenters. The van der Waals surface area contributed by atoms with E-state index < -0.39 is 0 Å². The molecule has 6 heteroatoms. The second kappa shape index (κ2) is 6.58. The van der Waals surface area contributed by atoms with Gasteiger partial charge in [-0.25, -0.2) is 0 Å². The first-order valence-corrected chi connectivity index (χ1v) is 6.37. The van der Waals surface area contributed by atoms with E-state index in [1.807, 2.05) is 0 Å². The van der Waals surface area contributed by atoms with E-state index in [4.69, 9.17) is 9.47 Å². The fraction of sp³-hybridized carbons (Fsp3) is 0.333. The minimum Gasteiger partial charge on any atom is -0.496 e. The Balaban J connectivity index is 3.33. The fourth-order valence-corrected chi connectivity index (χ4v) is 2.12. The Morgan fingerprint density at radius 3 is 2.44 bits per heavy atom. The predicted molar refractivity (Wildman–Crippen MR) is 77.5 cm³/mol. The number of hydrogen-bond donors (Lipinski definition) is 0. The van der Waals surface area contributed by atoms with Gasteiger partial charge in [0.05, 0.1) is 22.7 Å². The Morgan fingerprint density at radius 2 is 2.00 bits per heavy atom. The quantitative estimate of drug-likeness (QED) is 0.457. The summed E-state index contributed by atoms with van der Waals surface area (Å²) in [6, 6.07) is 3.53. The minimum absolute atomic E-state index is 0.136. The van der Waals surface area contributed by atoms with E-state index in [9.17, 15) is 10.1 Å². The number of nitro groups is 1. The van der Waals surface area contributed by atoms with Crippen molar-refractivity contribution in [2.75, 3.05) is 14.2 Å².